The molecule has 0 fully saturated rings. The summed E-state index contributed by atoms with van der Waals surface area (Å²) in [6.45, 7) is 3.27. The number of H-pyrrole nitrogens is 1. The predicted octanol–water partition coefficient (Wildman–Crippen LogP) is 1.37. The number of hydrogen-bond donors (Lipinski definition) is 2. The molecular weight excluding hydrogens is 258 g/mol. The molecule has 0 aliphatic heterocycles. The lowest BCUT2D eigenvalue weighted by atomic mass is 10.1. The summed E-state index contributed by atoms with van der Waals surface area (Å²) in [5, 5.41) is 2.73. The Morgan fingerprint density at radius 2 is 2.22 bits per heavy atom. The predicted molar refractivity (Wildman–Crippen MR) is 66.4 cm³/mol. The number of methoxy groups -OCH3 is 1. The fraction of sp³-hybridized carbons (Fsp3) is 0.400. The van der Waals surface area contributed by atoms with Gasteiger partial charge >= 0.3 is 0 Å². The number of imidazole rings is 1. The SMILES string of the molecule is COC(C)(C)C(=O)Nc1nc(Cl)c2[nH]cnc2n1. The van der Waals surface area contributed by atoms with Gasteiger partial charge in [0.05, 0.1) is 6.33 Å². The van der Waals surface area contributed by atoms with E-state index in [9.17, 15) is 4.79 Å². The average Bonchev–Trinajstić information content (AvgIpc) is 2.77. The minimum atomic E-state index is -0.976. The Bertz CT molecular complexity index is 595. The molecule has 0 aromatic carbocycles. The summed E-state index contributed by atoms with van der Waals surface area (Å²) in [6, 6.07) is 0. The molecule has 2 heterocycles. The second-order valence-electron chi connectivity index (χ2n) is 4.11. The molecular formula is C10H12ClN5O2. The van der Waals surface area contributed by atoms with Gasteiger partial charge in [0.2, 0.25) is 5.95 Å². The Hall–Kier alpha value is -1.73. The Morgan fingerprint density at radius 1 is 1.50 bits per heavy atom. The monoisotopic (exact) mass is 269 g/mol. The van der Waals surface area contributed by atoms with E-state index in [1.165, 1.54) is 13.4 Å². The molecule has 2 aromatic rings. The van der Waals surface area contributed by atoms with Gasteiger partial charge in [-0.15, -0.1) is 0 Å². The molecule has 1 amide bonds. The first kappa shape index (κ1) is 12.7. The fourth-order valence-electron chi connectivity index (χ4n) is 1.20. The maximum absolute atomic E-state index is 11.9. The van der Waals surface area contributed by atoms with Crippen molar-refractivity contribution in [2.24, 2.45) is 0 Å². The second-order valence-corrected chi connectivity index (χ2v) is 4.47. The van der Waals surface area contributed by atoms with Crippen molar-refractivity contribution in [3.05, 3.63) is 11.5 Å². The molecule has 0 saturated carbocycles. The van der Waals surface area contributed by atoms with Crippen molar-refractivity contribution in [1.29, 1.82) is 0 Å². The summed E-state index contributed by atoms with van der Waals surface area (Å²) in [7, 11) is 1.45. The van der Waals surface area contributed by atoms with Crippen LogP contribution in [0.1, 0.15) is 13.8 Å². The first-order valence-corrected chi connectivity index (χ1v) is 5.55. The number of carbonyl (C=O) groups is 1. The van der Waals surface area contributed by atoms with Crippen LogP contribution in [0.25, 0.3) is 11.2 Å². The van der Waals surface area contributed by atoms with Crippen LogP contribution in [0.5, 0.6) is 0 Å². The van der Waals surface area contributed by atoms with E-state index in [0.29, 0.717) is 11.2 Å². The van der Waals surface area contributed by atoms with Crippen LogP contribution >= 0.6 is 11.6 Å². The van der Waals surface area contributed by atoms with Gasteiger partial charge in [-0.1, -0.05) is 11.6 Å². The van der Waals surface area contributed by atoms with Crippen molar-refractivity contribution < 1.29 is 9.53 Å². The van der Waals surface area contributed by atoms with Crippen LogP contribution in [0.2, 0.25) is 5.15 Å². The summed E-state index contributed by atoms with van der Waals surface area (Å²) in [4.78, 5) is 26.6. The molecule has 2 aromatic heterocycles. The highest BCUT2D eigenvalue weighted by Crippen LogP contribution is 2.19. The zero-order valence-corrected chi connectivity index (χ0v) is 10.9. The van der Waals surface area contributed by atoms with E-state index in [4.69, 9.17) is 16.3 Å². The Labute approximate surface area is 108 Å². The van der Waals surface area contributed by atoms with Gasteiger partial charge in [0.15, 0.2) is 10.8 Å². The van der Waals surface area contributed by atoms with E-state index >= 15 is 0 Å². The summed E-state index contributed by atoms with van der Waals surface area (Å²) < 4.78 is 5.05. The zero-order chi connectivity index (χ0) is 13.3. The van der Waals surface area contributed by atoms with E-state index in [-0.39, 0.29) is 17.0 Å². The average molecular weight is 270 g/mol. The number of aromatic nitrogens is 4. The van der Waals surface area contributed by atoms with Crippen molar-refractivity contribution in [3.63, 3.8) is 0 Å². The van der Waals surface area contributed by atoms with Gasteiger partial charge in [0, 0.05) is 7.11 Å². The Morgan fingerprint density at radius 3 is 2.89 bits per heavy atom. The smallest absolute Gasteiger partial charge is 0.258 e. The van der Waals surface area contributed by atoms with Gasteiger partial charge in [-0.05, 0) is 13.8 Å². The molecule has 96 valence electrons. The van der Waals surface area contributed by atoms with E-state index in [2.05, 4.69) is 25.3 Å². The van der Waals surface area contributed by atoms with E-state index in [1.807, 2.05) is 0 Å². The molecule has 0 unspecified atom stereocenters. The zero-order valence-electron chi connectivity index (χ0n) is 10.1. The third-order valence-electron chi connectivity index (χ3n) is 2.52. The largest absolute Gasteiger partial charge is 0.369 e. The number of anilines is 1. The summed E-state index contributed by atoms with van der Waals surface area (Å²) in [5.41, 5.74) is -0.0581. The molecule has 0 bridgehead atoms. The van der Waals surface area contributed by atoms with E-state index in [0.717, 1.165) is 0 Å². The first-order valence-electron chi connectivity index (χ1n) is 5.17. The maximum atomic E-state index is 11.9. The highest BCUT2D eigenvalue weighted by Gasteiger charge is 2.28. The van der Waals surface area contributed by atoms with E-state index < -0.39 is 5.60 Å². The number of nitrogens with zero attached hydrogens (tertiary/aromatic N) is 3. The van der Waals surface area contributed by atoms with Crippen LogP contribution in [0.4, 0.5) is 5.95 Å². The Kier molecular flexibility index (Phi) is 3.18. The molecule has 0 aliphatic carbocycles. The standard InChI is InChI=1S/C10H12ClN5O2/c1-10(2,18-3)8(17)16-9-14-6(11)5-7(15-9)13-4-12-5/h4H,1-3H3,(H2,12,13,14,15,16,17). The van der Waals surface area contributed by atoms with Gasteiger partial charge in [0.1, 0.15) is 11.1 Å². The molecule has 2 rings (SSSR count). The number of rotatable bonds is 3. The lowest BCUT2D eigenvalue weighted by molar-refractivity contribution is -0.133. The van der Waals surface area contributed by atoms with Gasteiger partial charge in [-0.2, -0.15) is 9.97 Å². The van der Waals surface area contributed by atoms with Crippen molar-refractivity contribution >= 4 is 34.6 Å². The molecule has 0 radical (unpaired) electrons. The minimum Gasteiger partial charge on any atom is -0.369 e. The van der Waals surface area contributed by atoms with Crippen LogP contribution < -0.4 is 5.32 Å². The number of fused-ring (bicyclic) bond motifs is 1. The van der Waals surface area contributed by atoms with Gasteiger partial charge < -0.3 is 9.72 Å². The topological polar surface area (TPSA) is 92.8 Å². The van der Waals surface area contributed by atoms with E-state index in [1.54, 1.807) is 13.8 Å². The van der Waals surface area contributed by atoms with Crippen LogP contribution in [0.15, 0.2) is 6.33 Å². The first-order chi connectivity index (χ1) is 8.44. The molecule has 8 heteroatoms. The van der Waals surface area contributed by atoms with Crippen LogP contribution in [-0.4, -0.2) is 38.6 Å². The molecule has 0 aliphatic rings. The number of nitrogens with one attached hydrogen (secondary N) is 2. The molecule has 2 N–H and O–H groups in total. The van der Waals surface area contributed by atoms with Crippen LogP contribution in [0, 0.1) is 0 Å². The minimum absolute atomic E-state index is 0.0923. The van der Waals surface area contributed by atoms with Crippen molar-refractivity contribution in [2.75, 3.05) is 12.4 Å². The number of halogens is 1. The van der Waals surface area contributed by atoms with Crippen molar-refractivity contribution in [2.45, 2.75) is 19.4 Å². The van der Waals surface area contributed by atoms with Crippen molar-refractivity contribution in [3.8, 4) is 0 Å². The third kappa shape index (κ3) is 2.27. The number of amides is 1. The fourth-order valence-corrected chi connectivity index (χ4v) is 1.42. The Balaban J connectivity index is 2.30. The summed E-state index contributed by atoms with van der Waals surface area (Å²) in [6.07, 6.45) is 1.45. The molecule has 0 spiro atoms. The second kappa shape index (κ2) is 4.51. The van der Waals surface area contributed by atoms with Crippen molar-refractivity contribution in [1.82, 2.24) is 19.9 Å². The maximum Gasteiger partial charge on any atom is 0.258 e. The number of carbonyl (C=O) groups excluding carboxylic acids is 1. The number of aromatic amines is 1. The van der Waals surface area contributed by atoms with Gasteiger partial charge in [-0.25, -0.2) is 4.98 Å². The van der Waals surface area contributed by atoms with Crippen LogP contribution in [0.3, 0.4) is 0 Å². The molecule has 7 nitrogen and oxygen atoms in total. The quantitative estimate of drug-likeness (QED) is 0.821. The highest BCUT2D eigenvalue weighted by molar-refractivity contribution is 6.33. The van der Waals surface area contributed by atoms with Gasteiger partial charge in [-0.3, -0.25) is 10.1 Å². The van der Waals surface area contributed by atoms with Gasteiger partial charge in [0.25, 0.3) is 5.91 Å². The normalized spacial score (nSPS) is 11.8. The molecule has 0 atom stereocenters. The number of hydrogen-bond acceptors (Lipinski definition) is 5. The number of ether oxygens (including phenoxy) is 1. The summed E-state index contributed by atoms with van der Waals surface area (Å²) >= 11 is 5.93. The molecule has 18 heavy (non-hydrogen) atoms. The highest BCUT2D eigenvalue weighted by atomic mass is 35.5. The summed E-state index contributed by atoms with van der Waals surface area (Å²) in [5.74, 6) is -0.273. The molecule has 0 saturated heterocycles. The lowest BCUT2D eigenvalue weighted by Crippen LogP contribution is -2.39. The third-order valence-corrected chi connectivity index (χ3v) is 2.80. The van der Waals surface area contributed by atoms with Crippen LogP contribution in [-0.2, 0) is 9.53 Å². The lowest BCUT2D eigenvalue weighted by Gasteiger charge is -2.20.